The zero-order valence-electron chi connectivity index (χ0n) is 11.3. The molecule has 0 radical (unpaired) electrons. The number of benzene rings is 1. The third-order valence-corrected chi connectivity index (χ3v) is 4.26. The highest BCUT2D eigenvalue weighted by atomic mass is 16.3. The Morgan fingerprint density at radius 2 is 2.21 bits per heavy atom. The van der Waals surface area contributed by atoms with Crippen molar-refractivity contribution < 1.29 is 9.90 Å². The van der Waals surface area contributed by atoms with E-state index < -0.39 is 5.60 Å². The second-order valence-corrected chi connectivity index (χ2v) is 5.65. The van der Waals surface area contributed by atoms with E-state index in [1.54, 1.807) is 4.90 Å². The van der Waals surface area contributed by atoms with Gasteiger partial charge in [-0.2, -0.15) is 0 Å². The van der Waals surface area contributed by atoms with Gasteiger partial charge in [-0.25, -0.2) is 0 Å². The van der Waals surface area contributed by atoms with Crippen LogP contribution in [0.15, 0.2) is 18.2 Å². The number of rotatable bonds is 2. The van der Waals surface area contributed by atoms with Crippen LogP contribution < -0.4 is 5.32 Å². The summed E-state index contributed by atoms with van der Waals surface area (Å²) in [7, 11) is 0. The summed E-state index contributed by atoms with van der Waals surface area (Å²) >= 11 is 0. The number of β-amino-alcohol motifs (C(OH)–C–C–N with tert-alkyl or cyclic N) is 1. The number of amides is 1. The third-order valence-electron chi connectivity index (χ3n) is 4.26. The molecule has 1 saturated heterocycles. The maximum Gasteiger partial charge on any atom is 0.254 e. The van der Waals surface area contributed by atoms with Crippen molar-refractivity contribution >= 4 is 5.91 Å². The molecule has 2 N–H and O–H groups in total. The molecular formula is C15H20N2O2. The highest BCUT2D eigenvalue weighted by Crippen LogP contribution is 2.26. The number of aliphatic hydroxyl groups is 1. The van der Waals surface area contributed by atoms with Crippen molar-refractivity contribution in [2.24, 2.45) is 0 Å². The highest BCUT2D eigenvalue weighted by Gasteiger charge is 2.42. The van der Waals surface area contributed by atoms with Crippen LogP contribution in [0.5, 0.6) is 0 Å². The molecule has 0 aliphatic carbocycles. The molecule has 1 amide bonds. The Labute approximate surface area is 113 Å². The van der Waals surface area contributed by atoms with E-state index >= 15 is 0 Å². The molecular weight excluding hydrogens is 240 g/mol. The molecule has 3 rings (SSSR count). The molecule has 102 valence electrons. The standard InChI is InChI=1S/C15H20N2O2/c1-2-15(19)9-17(10-15)14(18)12-4-3-11-5-6-16-8-13(11)7-12/h3-4,7,16,19H,2,5-6,8-10H2,1H3. The number of hydrogen-bond donors (Lipinski definition) is 2. The van der Waals surface area contributed by atoms with E-state index in [1.807, 2.05) is 19.1 Å². The first-order chi connectivity index (χ1) is 9.11. The summed E-state index contributed by atoms with van der Waals surface area (Å²) in [6.45, 7) is 4.72. The van der Waals surface area contributed by atoms with Crippen LogP contribution in [0.4, 0.5) is 0 Å². The van der Waals surface area contributed by atoms with Crippen LogP contribution in [0.25, 0.3) is 0 Å². The zero-order valence-corrected chi connectivity index (χ0v) is 11.3. The summed E-state index contributed by atoms with van der Waals surface area (Å²) in [5.41, 5.74) is 2.64. The molecule has 0 saturated carbocycles. The van der Waals surface area contributed by atoms with Gasteiger partial charge in [-0.15, -0.1) is 0 Å². The van der Waals surface area contributed by atoms with Gasteiger partial charge in [0.05, 0.1) is 18.7 Å². The predicted molar refractivity (Wildman–Crippen MR) is 73.0 cm³/mol. The first-order valence-electron chi connectivity index (χ1n) is 6.95. The summed E-state index contributed by atoms with van der Waals surface area (Å²) in [4.78, 5) is 14.0. The van der Waals surface area contributed by atoms with Gasteiger partial charge in [-0.1, -0.05) is 13.0 Å². The van der Waals surface area contributed by atoms with Crippen LogP contribution in [-0.4, -0.2) is 41.1 Å². The van der Waals surface area contributed by atoms with Crippen LogP contribution in [0.3, 0.4) is 0 Å². The summed E-state index contributed by atoms with van der Waals surface area (Å²) in [6, 6.07) is 5.97. The lowest BCUT2D eigenvalue weighted by Crippen LogP contribution is -2.63. The second kappa shape index (κ2) is 4.62. The van der Waals surface area contributed by atoms with Gasteiger partial charge in [-0.05, 0) is 42.6 Å². The minimum Gasteiger partial charge on any atom is -0.386 e. The highest BCUT2D eigenvalue weighted by molar-refractivity contribution is 5.95. The minimum atomic E-state index is -0.661. The fourth-order valence-electron chi connectivity index (χ4n) is 2.83. The monoisotopic (exact) mass is 260 g/mol. The number of carbonyl (C=O) groups excluding carboxylic acids is 1. The lowest BCUT2D eigenvalue weighted by atomic mass is 9.90. The van der Waals surface area contributed by atoms with E-state index in [2.05, 4.69) is 11.4 Å². The molecule has 4 heteroatoms. The number of hydrogen-bond acceptors (Lipinski definition) is 3. The average Bonchev–Trinajstić information content (AvgIpc) is 2.42. The van der Waals surface area contributed by atoms with E-state index in [4.69, 9.17) is 0 Å². The third kappa shape index (κ3) is 2.26. The molecule has 1 fully saturated rings. The average molecular weight is 260 g/mol. The molecule has 2 aliphatic rings. The molecule has 2 aliphatic heterocycles. The minimum absolute atomic E-state index is 0.0338. The van der Waals surface area contributed by atoms with Crippen molar-refractivity contribution in [1.82, 2.24) is 10.2 Å². The van der Waals surface area contributed by atoms with Gasteiger partial charge in [0.2, 0.25) is 0 Å². The number of likely N-dealkylation sites (tertiary alicyclic amines) is 1. The van der Waals surface area contributed by atoms with Crippen molar-refractivity contribution in [3.8, 4) is 0 Å². The summed E-state index contributed by atoms with van der Waals surface area (Å²) in [6.07, 6.45) is 1.73. The molecule has 0 aromatic heterocycles. The molecule has 0 spiro atoms. The van der Waals surface area contributed by atoms with Gasteiger partial charge in [0.15, 0.2) is 0 Å². The number of fused-ring (bicyclic) bond motifs is 1. The van der Waals surface area contributed by atoms with Crippen molar-refractivity contribution in [1.29, 1.82) is 0 Å². The van der Waals surface area contributed by atoms with Crippen molar-refractivity contribution in [2.75, 3.05) is 19.6 Å². The Balaban J connectivity index is 1.74. The molecule has 0 unspecified atom stereocenters. The Kier molecular flexibility index (Phi) is 3.07. The summed E-state index contributed by atoms with van der Waals surface area (Å²) in [5.74, 6) is 0.0338. The topological polar surface area (TPSA) is 52.6 Å². The van der Waals surface area contributed by atoms with E-state index in [1.165, 1.54) is 11.1 Å². The van der Waals surface area contributed by atoms with Crippen LogP contribution >= 0.6 is 0 Å². The fraction of sp³-hybridized carbons (Fsp3) is 0.533. The fourth-order valence-corrected chi connectivity index (χ4v) is 2.83. The largest absolute Gasteiger partial charge is 0.386 e. The normalized spacial score (nSPS) is 20.6. The molecule has 4 nitrogen and oxygen atoms in total. The van der Waals surface area contributed by atoms with E-state index in [0.29, 0.717) is 19.5 Å². The number of carbonyl (C=O) groups is 1. The Morgan fingerprint density at radius 1 is 1.42 bits per heavy atom. The zero-order chi connectivity index (χ0) is 13.5. The van der Waals surface area contributed by atoms with Crippen molar-refractivity contribution in [2.45, 2.75) is 31.9 Å². The van der Waals surface area contributed by atoms with Gasteiger partial charge in [0.25, 0.3) is 5.91 Å². The van der Waals surface area contributed by atoms with Gasteiger partial charge in [-0.3, -0.25) is 4.79 Å². The van der Waals surface area contributed by atoms with Crippen molar-refractivity contribution in [3.63, 3.8) is 0 Å². The SMILES string of the molecule is CCC1(O)CN(C(=O)c2ccc3c(c2)CNCC3)C1. The summed E-state index contributed by atoms with van der Waals surface area (Å²) in [5, 5.41) is 13.3. The smallest absolute Gasteiger partial charge is 0.254 e. The molecule has 0 atom stereocenters. The molecule has 0 bridgehead atoms. The Bertz CT molecular complexity index is 507. The van der Waals surface area contributed by atoms with Crippen LogP contribution in [0.2, 0.25) is 0 Å². The molecule has 1 aromatic carbocycles. The quantitative estimate of drug-likeness (QED) is 0.831. The Morgan fingerprint density at radius 3 is 2.95 bits per heavy atom. The van der Waals surface area contributed by atoms with Gasteiger partial charge < -0.3 is 15.3 Å². The first-order valence-corrected chi connectivity index (χ1v) is 6.95. The predicted octanol–water partition coefficient (Wildman–Crippen LogP) is 0.929. The second-order valence-electron chi connectivity index (χ2n) is 5.65. The van der Waals surface area contributed by atoms with E-state index in [-0.39, 0.29) is 5.91 Å². The van der Waals surface area contributed by atoms with Gasteiger partial charge in [0.1, 0.15) is 0 Å². The maximum atomic E-state index is 12.3. The van der Waals surface area contributed by atoms with E-state index in [9.17, 15) is 9.90 Å². The lowest BCUT2D eigenvalue weighted by molar-refractivity contribution is -0.0826. The first kappa shape index (κ1) is 12.6. The molecule has 1 aromatic rings. The van der Waals surface area contributed by atoms with Crippen LogP contribution in [0, 0.1) is 0 Å². The summed E-state index contributed by atoms with van der Waals surface area (Å²) < 4.78 is 0. The van der Waals surface area contributed by atoms with Crippen LogP contribution in [-0.2, 0) is 13.0 Å². The van der Waals surface area contributed by atoms with E-state index in [0.717, 1.165) is 25.1 Å². The number of nitrogens with zero attached hydrogens (tertiary/aromatic N) is 1. The van der Waals surface area contributed by atoms with Crippen molar-refractivity contribution in [3.05, 3.63) is 34.9 Å². The molecule has 19 heavy (non-hydrogen) atoms. The lowest BCUT2D eigenvalue weighted by Gasteiger charge is -2.46. The number of nitrogens with one attached hydrogen (secondary N) is 1. The van der Waals surface area contributed by atoms with Gasteiger partial charge >= 0.3 is 0 Å². The molecule has 2 heterocycles. The Hall–Kier alpha value is -1.39. The van der Waals surface area contributed by atoms with Gasteiger partial charge in [0, 0.05) is 12.1 Å². The maximum absolute atomic E-state index is 12.3. The van der Waals surface area contributed by atoms with Crippen LogP contribution in [0.1, 0.15) is 34.8 Å².